The quantitative estimate of drug-likeness (QED) is 0.695. The summed E-state index contributed by atoms with van der Waals surface area (Å²) in [4.78, 5) is 15.0. The molecule has 1 aliphatic carbocycles. The van der Waals surface area contributed by atoms with Gasteiger partial charge in [0.1, 0.15) is 0 Å². The van der Waals surface area contributed by atoms with E-state index in [1.54, 1.807) is 6.20 Å². The monoisotopic (exact) mass is 413 g/mol. The zero-order valence-electron chi connectivity index (χ0n) is 18.0. The normalized spacial score (nSPS) is 20.4. The van der Waals surface area contributed by atoms with E-state index in [1.165, 1.54) is 16.7 Å². The Morgan fingerprint density at radius 1 is 1.06 bits per heavy atom. The van der Waals surface area contributed by atoms with Gasteiger partial charge in [-0.05, 0) is 79.5 Å². The molecule has 1 aromatic heterocycles. The molecule has 2 aromatic carbocycles. The Labute approximate surface area is 182 Å². The van der Waals surface area contributed by atoms with E-state index in [0.717, 1.165) is 53.6 Å². The van der Waals surface area contributed by atoms with Crippen LogP contribution in [0, 0.1) is 13.8 Å². The van der Waals surface area contributed by atoms with Crippen LogP contribution in [0.1, 0.15) is 57.6 Å². The molecule has 1 amide bonds. The number of aliphatic hydroxyl groups is 1. The van der Waals surface area contributed by atoms with Crippen molar-refractivity contribution in [3.05, 3.63) is 82.2 Å². The van der Waals surface area contributed by atoms with E-state index in [2.05, 4.69) is 53.5 Å². The van der Waals surface area contributed by atoms with Crippen molar-refractivity contribution in [2.45, 2.75) is 58.2 Å². The van der Waals surface area contributed by atoms with Crippen molar-refractivity contribution in [2.24, 2.45) is 0 Å². The number of amides is 1. The fourth-order valence-electron chi connectivity index (χ4n) is 4.96. The number of aromatic nitrogens is 2. The van der Waals surface area contributed by atoms with E-state index in [-0.39, 0.29) is 11.9 Å². The van der Waals surface area contributed by atoms with Crippen LogP contribution in [0.15, 0.2) is 48.7 Å². The van der Waals surface area contributed by atoms with Gasteiger partial charge in [-0.25, -0.2) is 0 Å². The fourth-order valence-corrected chi connectivity index (χ4v) is 4.96. The van der Waals surface area contributed by atoms with Gasteiger partial charge in [-0.3, -0.25) is 4.79 Å². The first-order valence-corrected chi connectivity index (χ1v) is 11.0. The molecule has 0 radical (unpaired) electrons. The molecule has 2 unspecified atom stereocenters. The maximum Gasteiger partial charge on any atom is 0.254 e. The average molecular weight is 414 g/mol. The standard InChI is InChI=1S/C26H27N3O2/c1-16-10-22-15-29(24-4-3-5-25(24)30)26(31)23(22)13-20(16)12-18-6-8-19(9-7-18)21-11-17(2)28-27-14-21/h6-11,13-14,24-25,30H,3-5,12,15H2,1-2H3. The molecule has 1 N–H and O–H groups in total. The van der Waals surface area contributed by atoms with Crippen molar-refractivity contribution in [2.75, 3.05) is 0 Å². The van der Waals surface area contributed by atoms with Crippen LogP contribution in [-0.2, 0) is 13.0 Å². The van der Waals surface area contributed by atoms with Crippen LogP contribution in [0.2, 0.25) is 0 Å². The second kappa shape index (κ2) is 7.89. The van der Waals surface area contributed by atoms with Crippen LogP contribution in [0.4, 0.5) is 0 Å². The molecule has 1 aliphatic heterocycles. The molecule has 31 heavy (non-hydrogen) atoms. The minimum atomic E-state index is -0.392. The van der Waals surface area contributed by atoms with Crippen molar-refractivity contribution in [1.29, 1.82) is 0 Å². The Bertz CT molecular complexity index is 1140. The summed E-state index contributed by atoms with van der Waals surface area (Å²) in [6.45, 7) is 4.68. The lowest BCUT2D eigenvalue weighted by atomic mass is 9.95. The summed E-state index contributed by atoms with van der Waals surface area (Å²) in [5, 5.41) is 18.3. The molecule has 2 aliphatic rings. The molecule has 3 aromatic rings. The van der Waals surface area contributed by atoms with E-state index in [9.17, 15) is 9.90 Å². The van der Waals surface area contributed by atoms with Gasteiger partial charge in [0.25, 0.3) is 5.91 Å². The van der Waals surface area contributed by atoms with Gasteiger partial charge in [-0.1, -0.05) is 30.3 Å². The third kappa shape index (κ3) is 3.74. The molecular weight excluding hydrogens is 386 g/mol. The number of aliphatic hydroxyl groups excluding tert-OH is 1. The summed E-state index contributed by atoms with van der Waals surface area (Å²) in [5.41, 5.74) is 8.56. The minimum Gasteiger partial charge on any atom is -0.391 e. The van der Waals surface area contributed by atoms with Crippen LogP contribution in [-0.4, -0.2) is 38.3 Å². The Kier molecular flexibility index (Phi) is 5.06. The molecule has 0 saturated heterocycles. The van der Waals surface area contributed by atoms with Gasteiger partial charge in [0, 0.05) is 17.7 Å². The van der Waals surface area contributed by atoms with Crippen molar-refractivity contribution in [3.63, 3.8) is 0 Å². The number of carbonyl (C=O) groups is 1. The van der Waals surface area contributed by atoms with Crippen LogP contribution in [0.5, 0.6) is 0 Å². The first kappa shape index (κ1) is 19.9. The summed E-state index contributed by atoms with van der Waals surface area (Å²) in [7, 11) is 0. The number of hydrogen-bond acceptors (Lipinski definition) is 4. The van der Waals surface area contributed by atoms with Crippen LogP contribution < -0.4 is 0 Å². The van der Waals surface area contributed by atoms with Crippen LogP contribution in [0.25, 0.3) is 11.1 Å². The zero-order valence-corrected chi connectivity index (χ0v) is 18.0. The number of rotatable bonds is 4. The van der Waals surface area contributed by atoms with Gasteiger partial charge in [0.05, 0.1) is 24.0 Å². The Morgan fingerprint density at radius 3 is 2.58 bits per heavy atom. The second-order valence-corrected chi connectivity index (χ2v) is 8.89. The molecule has 5 nitrogen and oxygen atoms in total. The smallest absolute Gasteiger partial charge is 0.254 e. The van der Waals surface area contributed by atoms with Crippen molar-refractivity contribution in [1.82, 2.24) is 15.1 Å². The van der Waals surface area contributed by atoms with Gasteiger partial charge in [-0.15, -0.1) is 0 Å². The summed E-state index contributed by atoms with van der Waals surface area (Å²) < 4.78 is 0. The molecule has 2 heterocycles. The minimum absolute atomic E-state index is 0.0393. The predicted octanol–water partition coefficient (Wildman–Crippen LogP) is 4.22. The molecule has 5 rings (SSSR count). The molecule has 0 bridgehead atoms. The van der Waals surface area contributed by atoms with Crippen LogP contribution >= 0.6 is 0 Å². The number of nitrogens with zero attached hydrogens (tertiary/aromatic N) is 3. The largest absolute Gasteiger partial charge is 0.391 e. The number of benzene rings is 2. The topological polar surface area (TPSA) is 66.3 Å². The summed E-state index contributed by atoms with van der Waals surface area (Å²) in [6.07, 6.45) is 4.85. The Balaban J connectivity index is 1.37. The lowest BCUT2D eigenvalue weighted by molar-refractivity contribution is 0.0479. The maximum atomic E-state index is 13.1. The predicted molar refractivity (Wildman–Crippen MR) is 120 cm³/mol. The van der Waals surface area contributed by atoms with Gasteiger partial charge in [0.2, 0.25) is 0 Å². The molecule has 1 saturated carbocycles. The average Bonchev–Trinajstić information content (AvgIpc) is 3.32. The summed E-state index contributed by atoms with van der Waals surface area (Å²) >= 11 is 0. The first-order chi connectivity index (χ1) is 15.0. The second-order valence-electron chi connectivity index (χ2n) is 8.89. The highest BCUT2D eigenvalue weighted by Gasteiger charge is 2.38. The summed E-state index contributed by atoms with van der Waals surface area (Å²) in [5.74, 6) is 0.0677. The summed E-state index contributed by atoms with van der Waals surface area (Å²) in [6, 6.07) is 14.7. The molecule has 1 fully saturated rings. The SMILES string of the molecule is Cc1cc(-c2ccc(Cc3cc4c(cc3C)CN(C3CCCC3O)C4=O)cc2)cnn1. The van der Waals surface area contributed by atoms with Crippen molar-refractivity contribution >= 4 is 5.91 Å². The third-order valence-corrected chi connectivity index (χ3v) is 6.70. The molecule has 5 heteroatoms. The fraction of sp³-hybridized carbons (Fsp3) is 0.346. The van der Waals surface area contributed by atoms with E-state index in [0.29, 0.717) is 6.54 Å². The van der Waals surface area contributed by atoms with Gasteiger partial charge in [0.15, 0.2) is 0 Å². The Hall–Kier alpha value is -3.05. The number of fused-ring (bicyclic) bond motifs is 1. The van der Waals surface area contributed by atoms with E-state index in [1.807, 2.05) is 17.9 Å². The highest BCUT2D eigenvalue weighted by atomic mass is 16.3. The van der Waals surface area contributed by atoms with Crippen molar-refractivity contribution in [3.8, 4) is 11.1 Å². The maximum absolute atomic E-state index is 13.1. The molecule has 0 spiro atoms. The molecule has 158 valence electrons. The highest BCUT2D eigenvalue weighted by Crippen LogP contribution is 2.34. The van der Waals surface area contributed by atoms with E-state index >= 15 is 0 Å². The third-order valence-electron chi connectivity index (χ3n) is 6.70. The van der Waals surface area contributed by atoms with E-state index < -0.39 is 6.10 Å². The number of hydrogen-bond donors (Lipinski definition) is 1. The Morgan fingerprint density at radius 2 is 1.87 bits per heavy atom. The molecular formula is C26H27N3O2. The molecule has 2 atom stereocenters. The number of carbonyl (C=O) groups excluding carboxylic acids is 1. The van der Waals surface area contributed by atoms with Gasteiger partial charge < -0.3 is 10.0 Å². The highest BCUT2D eigenvalue weighted by molar-refractivity contribution is 5.99. The van der Waals surface area contributed by atoms with Gasteiger partial charge >= 0.3 is 0 Å². The lowest BCUT2D eigenvalue weighted by Crippen LogP contribution is -2.40. The lowest BCUT2D eigenvalue weighted by Gasteiger charge is -2.26. The van der Waals surface area contributed by atoms with E-state index in [4.69, 9.17) is 0 Å². The van der Waals surface area contributed by atoms with Crippen LogP contribution in [0.3, 0.4) is 0 Å². The zero-order chi connectivity index (χ0) is 21.5. The van der Waals surface area contributed by atoms with Crippen molar-refractivity contribution < 1.29 is 9.90 Å². The first-order valence-electron chi connectivity index (χ1n) is 11.0. The van der Waals surface area contributed by atoms with Gasteiger partial charge in [-0.2, -0.15) is 10.2 Å². The number of aryl methyl sites for hydroxylation is 2.